The molecule has 9 heteroatoms. The van der Waals surface area contributed by atoms with Gasteiger partial charge in [-0.3, -0.25) is 4.79 Å². The predicted octanol–water partition coefficient (Wildman–Crippen LogP) is 2.57. The molecule has 0 aliphatic heterocycles. The van der Waals surface area contributed by atoms with E-state index in [9.17, 15) is 23.2 Å². The maximum Gasteiger partial charge on any atom is 0.453 e. The minimum absolute atomic E-state index is 0.121. The third-order valence-corrected chi connectivity index (χ3v) is 3.90. The van der Waals surface area contributed by atoms with Crippen LogP contribution in [0.15, 0.2) is 12.1 Å². The second-order valence-electron chi connectivity index (χ2n) is 5.95. The average Bonchev–Trinajstić information content (AvgIpc) is 3.25. The van der Waals surface area contributed by atoms with Gasteiger partial charge in [0.15, 0.2) is 5.82 Å². The molecule has 0 atom stereocenters. The molecule has 1 aliphatic carbocycles. The van der Waals surface area contributed by atoms with Crippen LogP contribution in [0.4, 0.5) is 13.2 Å². The normalized spacial score (nSPS) is 14.2. The van der Waals surface area contributed by atoms with Crippen molar-refractivity contribution in [1.29, 1.82) is 5.26 Å². The van der Waals surface area contributed by atoms with Gasteiger partial charge >= 0.3 is 6.18 Å². The highest BCUT2D eigenvalue weighted by Crippen LogP contribution is 2.31. The van der Waals surface area contributed by atoms with E-state index in [0.29, 0.717) is 11.1 Å². The zero-order valence-electron chi connectivity index (χ0n) is 13.5. The van der Waals surface area contributed by atoms with Crippen molar-refractivity contribution in [2.24, 2.45) is 7.05 Å². The second kappa shape index (κ2) is 5.88. The molecule has 3 rings (SSSR count). The van der Waals surface area contributed by atoms with Gasteiger partial charge in [0.05, 0.1) is 11.6 Å². The Labute approximate surface area is 141 Å². The molecule has 1 heterocycles. The number of amides is 1. The van der Waals surface area contributed by atoms with Gasteiger partial charge in [-0.1, -0.05) is 0 Å². The molecule has 0 saturated heterocycles. The van der Waals surface area contributed by atoms with Gasteiger partial charge in [0.1, 0.15) is 0 Å². The highest BCUT2D eigenvalue weighted by atomic mass is 19.4. The molecule has 6 nitrogen and oxygen atoms in total. The first-order chi connectivity index (χ1) is 11.7. The predicted molar refractivity (Wildman–Crippen MR) is 81.4 cm³/mol. The molecule has 1 aromatic heterocycles. The van der Waals surface area contributed by atoms with Gasteiger partial charge in [-0.05, 0) is 37.5 Å². The Bertz CT molecular complexity index is 890. The molecule has 1 fully saturated rings. The smallest absolute Gasteiger partial charge is 0.349 e. The van der Waals surface area contributed by atoms with Crippen molar-refractivity contribution in [3.8, 4) is 17.5 Å². The third-order valence-electron chi connectivity index (χ3n) is 3.90. The monoisotopic (exact) mass is 349 g/mol. The summed E-state index contributed by atoms with van der Waals surface area (Å²) in [6, 6.07) is 4.94. The van der Waals surface area contributed by atoms with Crippen LogP contribution >= 0.6 is 0 Å². The topological polar surface area (TPSA) is 83.6 Å². The minimum atomic E-state index is -4.69. The maximum atomic E-state index is 12.8. The van der Waals surface area contributed by atoms with Gasteiger partial charge in [0, 0.05) is 24.2 Å². The summed E-state index contributed by atoms with van der Waals surface area (Å²) in [6.07, 6.45) is -2.88. The van der Waals surface area contributed by atoms with Crippen LogP contribution in [0.5, 0.6) is 0 Å². The Balaban J connectivity index is 2.10. The van der Waals surface area contributed by atoms with Gasteiger partial charge in [-0.15, -0.1) is 5.10 Å². The lowest BCUT2D eigenvalue weighted by molar-refractivity contribution is -0.144. The zero-order chi connectivity index (χ0) is 18.4. The number of benzene rings is 1. The molecular formula is C16H14F3N5O. The van der Waals surface area contributed by atoms with E-state index in [2.05, 4.69) is 15.4 Å². The highest BCUT2D eigenvalue weighted by molar-refractivity contribution is 5.97. The van der Waals surface area contributed by atoms with Crippen molar-refractivity contribution in [3.63, 3.8) is 0 Å². The summed E-state index contributed by atoms with van der Waals surface area (Å²) < 4.78 is 39.5. The molecule has 25 heavy (non-hydrogen) atoms. The van der Waals surface area contributed by atoms with Crippen LogP contribution in [0.2, 0.25) is 0 Å². The van der Waals surface area contributed by atoms with Crippen molar-refractivity contribution in [3.05, 3.63) is 34.6 Å². The standard InChI is InChI=1S/C16H14F3N5O/c1-8-5-9(7-20)12(6-11(8)14(25)21-10-3-4-10)13-22-15(16(17,18)19)23-24(13)2/h5-6,10H,3-4H2,1-2H3,(H,21,25). The van der Waals surface area contributed by atoms with Crippen LogP contribution in [0.3, 0.4) is 0 Å². The number of nitrogens with zero attached hydrogens (tertiary/aromatic N) is 4. The molecule has 0 radical (unpaired) electrons. The number of hydrogen-bond donors (Lipinski definition) is 1. The van der Waals surface area contributed by atoms with Crippen molar-refractivity contribution < 1.29 is 18.0 Å². The molecule has 0 bridgehead atoms. The van der Waals surface area contributed by atoms with E-state index in [1.807, 2.05) is 6.07 Å². The summed E-state index contributed by atoms with van der Waals surface area (Å²) in [5, 5.41) is 15.5. The van der Waals surface area contributed by atoms with Gasteiger partial charge < -0.3 is 5.32 Å². The number of alkyl halides is 3. The summed E-state index contributed by atoms with van der Waals surface area (Å²) in [6.45, 7) is 1.67. The van der Waals surface area contributed by atoms with E-state index in [-0.39, 0.29) is 28.9 Å². The Hall–Kier alpha value is -2.89. The van der Waals surface area contributed by atoms with E-state index < -0.39 is 12.0 Å². The van der Waals surface area contributed by atoms with Crippen LogP contribution in [-0.2, 0) is 13.2 Å². The van der Waals surface area contributed by atoms with Crippen molar-refractivity contribution in [2.45, 2.75) is 32.0 Å². The van der Waals surface area contributed by atoms with Gasteiger partial charge in [0.25, 0.3) is 11.7 Å². The lowest BCUT2D eigenvalue weighted by Crippen LogP contribution is -2.26. The van der Waals surface area contributed by atoms with E-state index in [1.54, 1.807) is 6.92 Å². The molecule has 1 aliphatic rings. The molecule has 0 spiro atoms. The van der Waals surface area contributed by atoms with Gasteiger partial charge in [0.2, 0.25) is 0 Å². The number of rotatable bonds is 3. The van der Waals surface area contributed by atoms with Crippen LogP contribution in [-0.4, -0.2) is 26.7 Å². The first-order valence-electron chi connectivity index (χ1n) is 7.55. The molecule has 0 unspecified atom stereocenters. The summed E-state index contributed by atoms with van der Waals surface area (Å²) in [4.78, 5) is 15.8. The van der Waals surface area contributed by atoms with Crippen LogP contribution in [0, 0.1) is 18.3 Å². The number of carbonyl (C=O) groups excluding carboxylic acids is 1. The number of nitriles is 1. The number of aryl methyl sites for hydroxylation is 2. The van der Waals surface area contributed by atoms with Crippen molar-refractivity contribution >= 4 is 5.91 Å². The summed E-state index contributed by atoms with van der Waals surface area (Å²) in [5.74, 6) is -1.73. The second-order valence-corrected chi connectivity index (χ2v) is 5.95. The number of carbonyl (C=O) groups is 1. The van der Waals surface area contributed by atoms with Crippen molar-refractivity contribution in [1.82, 2.24) is 20.1 Å². The van der Waals surface area contributed by atoms with Gasteiger partial charge in [-0.2, -0.15) is 18.4 Å². The van der Waals surface area contributed by atoms with Gasteiger partial charge in [-0.25, -0.2) is 9.67 Å². The number of nitrogens with one attached hydrogen (secondary N) is 1. The fraction of sp³-hybridized carbons (Fsp3) is 0.375. The Morgan fingerprint density at radius 3 is 2.60 bits per heavy atom. The third kappa shape index (κ3) is 3.33. The quantitative estimate of drug-likeness (QED) is 0.923. The molecule has 2 aromatic rings. The number of halogens is 3. The van der Waals surface area contributed by atoms with Crippen LogP contribution < -0.4 is 5.32 Å². The van der Waals surface area contributed by atoms with E-state index in [1.165, 1.54) is 19.2 Å². The zero-order valence-corrected chi connectivity index (χ0v) is 13.5. The van der Waals surface area contributed by atoms with Crippen molar-refractivity contribution in [2.75, 3.05) is 0 Å². The summed E-state index contributed by atoms with van der Waals surface area (Å²) in [5.41, 5.74) is 1.14. The molecule has 1 saturated carbocycles. The summed E-state index contributed by atoms with van der Waals surface area (Å²) >= 11 is 0. The molecule has 1 N–H and O–H groups in total. The summed E-state index contributed by atoms with van der Waals surface area (Å²) in [7, 11) is 1.31. The molecule has 1 aromatic carbocycles. The average molecular weight is 349 g/mol. The molecular weight excluding hydrogens is 335 g/mol. The Kier molecular flexibility index (Phi) is 3.99. The lowest BCUT2D eigenvalue weighted by atomic mass is 9.98. The van der Waals surface area contributed by atoms with E-state index >= 15 is 0 Å². The first-order valence-corrected chi connectivity index (χ1v) is 7.55. The molecule has 1 amide bonds. The van der Waals surface area contributed by atoms with Crippen LogP contribution in [0.1, 0.15) is 40.2 Å². The minimum Gasteiger partial charge on any atom is -0.349 e. The highest BCUT2D eigenvalue weighted by Gasteiger charge is 2.37. The Morgan fingerprint density at radius 2 is 2.08 bits per heavy atom. The molecule has 130 valence electrons. The lowest BCUT2D eigenvalue weighted by Gasteiger charge is -2.11. The first kappa shape index (κ1) is 17.0. The maximum absolute atomic E-state index is 12.8. The number of hydrogen-bond acceptors (Lipinski definition) is 4. The fourth-order valence-electron chi connectivity index (χ4n) is 2.46. The van der Waals surface area contributed by atoms with E-state index in [0.717, 1.165) is 17.5 Å². The largest absolute Gasteiger partial charge is 0.453 e. The fourth-order valence-corrected chi connectivity index (χ4v) is 2.46. The SMILES string of the molecule is Cc1cc(C#N)c(-c2nc(C(F)(F)F)nn2C)cc1C(=O)NC1CC1. The van der Waals surface area contributed by atoms with Crippen LogP contribution in [0.25, 0.3) is 11.4 Å². The Morgan fingerprint density at radius 1 is 1.40 bits per heavy atom. The van der Waals surface area contributed by atoms with E-state index in [4.69, 9.17) is 0 Å². The number of aromatic nitrogens is 3.